The van der Waals surface area contributed by atoms with Crippen LogP contribution in [-0.4, -0.2) is 0 Å². The van der Waals surface area contributed by atoms with Crippen LogP contribution < -0.4 is 0 Å². The molecule has 1 aliphatic carbocycles. The summed E-state index contributed by atoms with van der Waals surface area (Å²) in [6.07, 6.45) is 3.49. The van der Waals surface area contributed by atoms with Crippen molar-refractivity contribution in [1.82, 2.24) is 0 Å². The Bertz CT molecular complexity index is 798. The Morgan fingerprint density at radius 3 is 2.09 bits per heavy atom. The maximum atomic E-state index is 2.34. The predicted octanol–water partition coefficient (Wildman–Crippen LogP) is 5.57. The highest BCUT2D eigenvalue weighted by Crippen LogP contribution is 2.44. The van der Waals surface area contributed by atoms with Crippen LogP contribution in [0.5, 0.6) is 0 Å². The van der Waals surface area contributed by atoms with Gasteiger partial charge in [-0.3, -0.25) is 0 Å². The number of allylic oxidation sites excluding steroid dienone is 1. The van der Waals surface area contributed by atoms with E-state index in [1.165, 1.54) is 27.8 Å². The average Bonchev–Trinajstić information content (AvgIpc) is 2.57. The number of hydrogen-bond donors (Lipinski definition) is 0. The fourth-order valence-corrected chi connectivity index (χ4v) is 3.28. The number of fused-ring (bicyclic) bond motifs is 1. The molecule has 0 radical (unpaired) electrons. The van der Waals surface area contributed by atoms with E-state index in [0.29, 0.717) is 5.92 Å². The molecule has 4 rings (SSSR count). The van der Waals surface area contributed by atoms with E-state index in [4.69, 9.17) is 0 Å². The van der Waals surface area contributed by atoms with E-state index in [-0.39, 0.29) is 0 Å². The molecule has 0 fully saturated rings. The van der Waals surface area contributed by atoms with Gasteiger partial charge in [0.2, 0.25) is 0 Å². The van der Waals surface area contributed by atoms with Gasteiger partial charge in [0.25, 0.3) is 0 Å². The first kappa shape index (κ1) is 13.1. The highest BCUT2D eigenvalue weighted by molar-refractivity contribution is 5.87. The monoisotopic (exact) mass is 282 g/mol. The Kier molecular flexibility index (Phi) is 3.36. The molecule has 22 heavy (non-hydrogen) atoms. The lowest BCUT2D eigenvalue weighted by molar-refractivity contribution is 0.751. The molecule has 3 aromatic rings. The Morgan fingerprint density at radius 1 is 0.727 bits per heavy atom. The lowest BCUT2D eigenvalue weighted by Gasteiger charge is -2.32. The van der Waals surface area contributed by atoms with Crippen LogP contribution in [0.3, 0.4) is 0 Å². The standard InChI is InChI=1S/C22H18/c1-3-9-17(10-4-1)15-21(18-11-5-2-6-12-18)22-16-19-13-7-8-14-20(19)22/h1-15,22H,16H2/t22-/m0/s1. The number of rotatable bonds is 3. The molecule has 0 aliphatic heterocycles. The highest BCUT2D eigenvalue weighted by Gasteiger charge is 2.29. The van der Waals surface area contributed by atoms with Gasteiger partial charge in [-0.15, -0.1) is 0 Å². The Morgan fingerprint density at radius 2 is 1.36 bits per heavy atom. The zero-order valence-electron chi connectivity index (χ0n) is 12.4. The van der Waals surface area contributed by atoms with E-state index in [2.05, 4.69) is 91.0 Å². The average molecular weight is 282 g/mol. The number of benzene rings is 3. The van der Waals surface area contributed by atoms with E-state index in [1.54, 1.807) is 0 Å². The summed E-state index contributed by atoms with van der Waals surface area (Å²) in [5.41, 5.74) is 6.98. The smallest absolute Gasteiger partial charge is 0.0139 e. The molecule has 3 aromatic carbocycles. The van der Waals surface area contributed by atoms with Gasteiger partial charge in [0.15, 0.2) is 0 Å². The summed E-state index contributed by atoms with van der Waals surface area (Å²) >= 11 is 0. The quantitative estimate of drug-likeness (QED) is 0.551. The molecule has 0 saturated carbocycles. The third kappa shape index (κ3) is 2.37. The lowest BCUT2D eigenvalue weighted by Crippen LogP contribution is -2.18. The van der Waals surface area contributed by atoms with Crippen LogP contribution in [0.1, 0.15) is 28.2 Å². The summed E-state index contributed by atoms with van der Waals surface area (Å²) in [5, 5.41) is 0. The second-order valence-corrected chi connectivity index (χ2v) is 5.83. The van der Waals surface area contributed by atoms with Gasteiger partial charge in [0.1, 0.15) is 0 Å². The summed E-state index contributed by atoms with van der Waals surface area (Å²) in [5.74, 6) is 0.513. The molecule has 0 heterocycles. The van der Waals surface area contributed by atoms with Crippen molar-refractivity contribution in [3.63, 3.8) is 0 Å². The summed E-state index contributed by atoms with van der Waals surface area (Å²) in [6.45, 7) is 0. The van der Waals surface area contributed by atoms with Crippen LogP contribution in [0.15, 0.2) is 84.9 Å². The molecule has 1 aliphatic rings. The molecule has 1 atom stereocenters. The third-order valence-corrected chi connectivity index (χ3v) is 4.46. The molecule has 0 spiro atoms. The van der Waals surface area contributed by atoms with Gasteiger partial charge in [-0.25, -0.2) is 0 Å². The molecular weight excluding hydrogens is 264 g/mol. The first-order valence-corrected chi connectivity index (χ1v) is 7.82. The molecule has 0 amide bonds. The van der Waals surface area contributed by atoms with Gasteiger partial charge < -0.3 is 0 Å². The van der Waals surface area contributed by atoms with Gasteiger partial charge in [0, 0.05) is 5.92 Å². The molecule has 0 aromatic heterocycles. The van der Waals surface area contributed by atoms with E-state index in [0.717, 1.165) is 6.42 Å². The topological polar surface area (TPSA) is 0 Å². The minimum absolute atomic E-state index is 0.513. The van der Waals surface area contributed by atoms with E-state index < -0.39 is 0 Å². The van der Waals surface area contributed by atoms with Crippen molar-refractivity contribution in [1.29, 1.82) is 0 Å². The minimum Gasteiger partial charge on any atom is -0.0622 e. The molecule has 0 nitrogen and oxygen atoms in total. The Balaban J connectivity index is 1.79. The second kappa shape index (κ2) is 5.65. The van der Waals surface area contributed by atoms with Gasteiger partial charge in [-0.1, -0.05) is 91.0 Å². The minimum atomic E-state index is 0.513. The van der Waals surface area contributed by atoms with Crippen LogP contribution >= 0.6 is 0 Å². The zero-order valence-corrected chi connectivity index (χ0v) is 12.4. The summed E-state index contributed by atoms with van der Waals surface area (Å²) in [6, 6.07) is 30.2. The van der Waals surface area contributed by atoms with Crippen molar-refractivity contribution < 1.29 is 0 Å². The molecule has 0 unspecified atom stereocenters. The van der Waals surface area contributed by atoms with Crippen molar-refractivity contribution in [2.75, 3.05) is 0 Å². The fraction of sp³-hybridized carbons (Fsp3) is 0.0909. The van der Waals surface area contributed by atoms with E-state index in [9.17, 15) is 0 Å². The molecule has 0 N–H and O–H groups in total. The van der Waals surface area contributed by atoms with Crippen LogP contribution in [0, 0.1) is 0 Å². The summed E-state index contributed by atoms with van der Waals surface area (Å²) in [4.78, 5) is 0. The van der Waals surface area contributed by atoms with E-state index in [1.807, 2.05) is 0 Å². The maximum absolute atomic E-state index is 2.34. The van der Waals surface area contributed by atoms with Gasteiger partial charge >= 0.3 is 0 Å². The van der Waals surface area contributed by atoms with Crippen molar-refractivity contribution in [3.05, 3.63) is 107 Å². The fourth-order valence-electron chi connectivity index (χ4n) is 3.28. The molecule has 0 bridgehead atoms. The molecule has 0 saturated heterocycles. The zero-order chi connectivity index (χ0) is 14.8. The highest BCUT2D eigenvalue weighted by atomic mass is 14.3. The number of hydrogen-bond acceptors (Lipinski definition) is 0. The van der Waals surface area contributed by atoms with Crippen LogP contribution in [0.4, 0.5) is 0 Å². The van der Waals surface area contributed by atoms with E-state index >= 15 is 0 Å². The maximum Gasteiger partial charge on any atom is 0.0139 e. The van der Waals surface area contributed by atoms with Gasteiger partial charge in [-0.05, 0) is 34.2 Å². The van der Waals surface area contributed by atoms with Gasteiger partial charge in [-0.2, -0.15) is 0 Å². The predicted molar refractivity (Wildman–Crippen MR) is 93.6 cm³/mol. The lowest BCUT2D eigenvalue weighted by atomic mass is 9.71. The van der Waals surface area contributed by atoms with Crippen LogP contribution in [0.25, 0.3) is 11.6 Å². The van der Waals surface area contributed by atoms with Crippen molar-refractivity contribution in [2.45, 2.75) is 12.3 Å². The Labute approximate surface area is 131 Å². The first-order chi connectivity index (χ1) is 10.9. The molecular formula is C22H18. The van der Waals surface area contributed by atoms with Crippen molar-refractivity contribution >= 4 is 11.6 Å². The summed E-state index contributed by atoms with van der Waals surface area (Å²) < 4.78 is 0. The molecule has 106 valence electrons. The first-order valence-electron chi connectivity index (χ1n) is 7.82. The van der Waals surface area contributed by atoms with Crippen molar-refractivity contribution in [2.24, 2.45) is 0 Å². The summed E-state index contributed by atoms with van der Waals surface area (Å²) in [7, 11) is 0. The largest absolute Gasteiger partial charge is 0.0622 e. The SMILES string of the molecule is C(=C(c1ccccc1)[C@H]1Cc2ccccc21)c1ccccc1. The molecule has 0 heteroatoms. The van der Waals surface area contributed by atoms with Gasteiger partial charge in [0.05, 0.1) is 0 Å². The second-order valence-electron chi connectivity index (χ2n) is 5.83. The third-order valence-electron chi connectivity index (χ3n) is 4.46. The van der Waals surface area contributed by atoms with Crippen LogP contribution in [0.2, 0.25) is 0 Å². The van der Waals surface area contributed by atoms with Crippen molar-refractivity contribution in [3.8, 4) is 0 Å². The normalized spacial score (nSPS) is 16.7. The van der Waals surface area contributed by atoms with Crippen LogP contribution in [-0.2, 0) is 6.42 Å². The Hall–Kier alpha value is -2.60.